The van der Waals surface area contributed by atoms with E-state index < -0.39 is 6.09 Å². The average Bonchev–Trinajstić information content (AvgIpc) is 2.62. The maximum Gasteiger partial charge on any atom is 0.432 e. The van der Waals surface area contributed by atoms with Gasteiger partial charge in [0.25, 0.3) is 0 Å². The summed E-state index contributed by atoms with van der Waals surface area (Å²) < 4.78 is 0.803. The second-order valence-corrected chi connectivity index (χ2v) is 3.03. The summed E-state index contributed by atoms with van der Waals surface area (Å²) in [6.45, 7) is 0. The van der Waals surface area contributed by atoms with Gasteiger partial charge in [0.05, 0.1) is 11.9 Å². The Morgan fingerprint density at radius 3 is 2.53 bits per heavy atom. The number of hydrogen-bond donors (Lipinski definition) is 2. The lowest BCUT2D eigenvalue weighted by Crippen LogP contribution is -2.07. The van der Waals surface area contributed by atoms with Crippen molar-refractivity contribution in [3.05, 3.63) is 36.5 Å². The van der Waals surface area contributed by atoms with Crippen LogP contribution in [0.15, 0.2) is 36.5 Å². The van der Waals surface area contributed by atoms with E-state index in [2.05, 4.69) is 5.10 Å². The van der Waals surface area contributed by atoms with Crippen LogP contribution in [-0.4, -0.2) is 21.0 Å². The van der Waals surface area contributed by atoms with E-state index in [1.54, 1.807) is 0 Å². The molecule has 1 aromatic heterocycles. The Balaban J connectivity index is 2.50. The topological polar surface area (TPSA) is 81.1 Å². The van der Waals surface area contributed by atoms with Gasteiger partial charge in [-0.3, -0.25) is 0 Å². The highest BCUT2D eigenvalue weighted by Gasteiger charge is 2.11. The average molecular weight is 203 g/mol. The molecule has 0 spiro atoms. The molecule has 0 aliphatic heterocycles. The van der Waals surface area contributed by atoms with E-state index in [1.807, 2.05) is 30.3 Å². The number of benzene rings is 1. The molecule has 0 bridgehead atoms. The molecule has 0 unspecified atom stereocenters. The first kappa shape index (κ1) is 9.26. The van der Waals surface area contributed by atoms with Gasteiger partial charge < -0.3 is 10.8 Å². The van der Waals surface area contributed by atoms with Crippen LogP contribution in [0.4, 0.5) is 10.5 Å². The summed E-state index contributed by atoms with van der Waals surface area (Å²) in [5, 5.41) is 12.6. The molecule has 0 atom stereocenters. The van der Waals surface area contributed by atoms with E-state index in [9.17, 15) is 4.79 Å². The maximum absolute atomic E-state index is 10.6. The Kier molecular flexibility index (Phi) is 2.13. The lowest BCUT2D eigenvalue weighted by Gasteiger charge is -1.96. The molecule has 5 heteroatoms. The molecule has 2 aromatic rings. The molecule has 2 rings (SSSR count). The van der Waals surface area contributed by atoms with Gasteiger partial charge in [0.1, 0.15) is 5.69 Å². The van der Waals surface area contributed by atoms with Crippen LogP contribution in [0, 0.1) is 0 Å². The number of nitrogens with zero attached hydrogens (tertiary/aromatic N) is 2. The van der Waals surface area contributed by atoms with Crippen molar-refractivity contribution in [2.45, 2.75) is 0 Å². The number of aromatic nitrogens is 2. The van der Waals surface area contributed by atoms with E-state index >= 15 is 0 Å². The monoisotopic (exact) mass is 203 g/mol. The molecule has 0 radical (unpaired) electrons. The first-order valence-corrected chi connectivity index (χ1v) is 4.32. The van der Waals surface area contributed by atoms with Gasteiger partial charge in [0.15, 0.2) is 0 Å². The number of anilines is 1. The van der Waals surface area contributed by atoms with Crippen LogP contribution in [0.5, 0.6) is 0 Å². The van der Waals surface area contributed by atoms with E-state index in [4.69, 9.17) is 10.8 Å². The van der Waals surface area contributed by atoms with Gasteiger partial charge in [-0.15, -0.1) is 0 Å². The first-order valence-electron chi connectivity index (χ1n) is 4.32. The van der Waals surface area contributed by atoms with E-state index in [0.717, 1.165) is 10.2 Å². The number of rotatable bonds is 1. The minimum atomic E-state index is -1.15. The fourth-order valence-electron chi connectivity index (χ4n) is 1.31. The largest absolute Gasteiger partial charge is 0.463 e. The first-order chi connectivity index (χ1) is 7.18. The molecule has 76 valence electrons. The third-order valence-corrected chi connectivity index (χ3v) is 1.99. The normalized spacial score (nSPS) is 10.1. The van der Waals surface area contributed by atoms with Gasteiger partial charge in [-0.05, 0) is 0 Å². The van der Waals surface area contributed by atoms with Gasteiger partial charge in [0, 0.05) is 5.56 Å². The van der Waals surface area contributed by atoms with Crippen molar-refractivity contribution in [1.82, 2.24) is 9.78 Å². The molecule has 15 heavy (non-hydrogen) atoms. The van der Waals surface area contributed by atoms with Crippen molar-refractivity contribution in [2.75, 3.05) is 5.73 Å². The zero-order chi connectivity index (χ0) is 10.8. The number of nitrogen functional groups attached to an aromatic ring is 1. The van der Waals surface area contributed by atoms with Crippen molar-refractivity contribution in [1.29, 1.82) is 0 Å². The number of carboxylic acid groups (broad SMARTS) is 1. The standard InChI is InChI=1S/C10H9N3O2/c11-8-6-13(10(14)15)12-9(8)7-4-2-1-3-5-7/h1-6H,11H2,(H,14,15). The Morgan fingerprint density at radius 2 is 2.00 bits per heavy atom. The van der Waals surface area contributed by atoms with Gasteiger partial charge >= 0.3 is 6.09 Å². The number of nitrogens with two attached hydrogens (primary N) is 1. The molecule has 1 heterocycles. The predicted octanol–water partition coefficient (Wildman–Crippen LogP) is 1.66. The third kappa shape index (κ3) is 1.67. The Bertz CT molecular complexity index is 491. The van der Waals surface area contributed by atoms with Crippen molar-refractivity contribution in [3.8, 4) is 11.3 Å². The lowest BCUT2D eigenvalue weighted by atomic mass is 10.1. The highest BCUT2D eigenvalue weighted by atomic mass is 16.4. The minimum absolute atomic E-state index is 0.351. The summed E-state index contributed by atoms with van der Waals surface area (Å²) in [7, 11) is 0. The molecule has 0 aliphatic carbocycles. The second-order valence-electron chi connectivity index (χ2n) is 3.03. The molecule has 3 N–H and O–H groups in total. The minimum Gasteiger partial charge on any atom is -0.463 e. The SMILES string of the molecule is Nc1cn(C(=O)O)nc1-c1ccccc1. The van der Waals surface area contributed by atoms with Crippen molar-refractivity contribution >= 4 is 11.8 Å². The van der Waals surface area contributed by atoms with Gasteiger partial charge in [-0.1, -0.05) is 30.3 Å². The summed E-state index contributed by atoms with van der Waals surface area (Å²) in [5.41, 5.74) is 7.30. The van der Waals surface area contributed by atoms with Gasteiger partial charge in [-0.2, -0.15) is 9.78 Å². The fourth-order valence-corrected chi connectivity index (χ4v) is 1.31. The van der Waals surface area contributed by atoms with Crippen LogP contribution < -0.4 is 5.73 Å². The third-order valence-electron chi connectivity index (χ3n) is 1.99. The maximum atomic E-state index is 10.6. The summed E-state index contributed by atoms with van der Waals surface area (Å²) in [6.07, 6.45) is 0.133. The fraction of sp³-hybridized carbons (Fsp3) is 0. The highest BCUT2D eigenvalue weighted by Crippen LogP contribution is 2.23. The van der Waals surface area contributed by atoms with E-state index in [-0.39, 0.29) is 0 Å². The molecule has 0 aliphatic rings. The number of hydrogen-bond acceptors (Lipinski definition) is 3. The zero-order valence-corrected chi connectivity index (χ0v) is 7.79. The zero-order valence-electron chi connectivity index (χ0n) is 7.79. The lowest BCUT2D eigenvalue weighted by molar-refractivity contribution is 0.192. The molecule has 0 saturated heterocycles. The molecular weight excluding hydrogens is 194 g/mol. The molecule has 0 amide bonds. The summed E-state index contributed by atoms with van der Waals surface area (Å²) in [4.78, 5) is 10.6. The van der Waals surface area contributed by atoms with Crippen LogP contribution in [0.25, 0.3) is 11.3 Å². The number of carbonyl (C=O) groups is 1. The quantitative estimate of drug-likeness (QED) is 0.738. The Morgan fingerprint density at radius 1 is 1.33 bits per heavy atom. The van der Waals surface area contributed by atoms with Crippen LogP contribution >= 0.6 is 0 Å². The van der Waals surface area contributed by atoms with Crippen LogP contribution in [-0.2, 0) is 0 Å². The molecule has 1 aromatic carbocycles. The smallest absolute Gasteiger partial charge is 0.432 e. The molecule has 0 fully saturated rings. The van der Waals surface area contributed by atoms with Crippen LogP contribution in [0.3, 0.4) is 0 Å². The molecular formula is C10H9N3O2. The van der Waals surface area contributed by atoms with E-state index in [1.165, 1.54) is 6.20 Å². The van der Waals surface area contributed by atoms with Crippen molar-refractivity contribution in [2.24, 2.45) is 0 Å². The second kappa shape index (κ2) is 3.45. The predicted molar refractivity (Wildman–Crippen MR) is 55.5 cm³/mol. The van der Waals surface area contributed by atoms with Gasteiger partial charge in [-0.25, -0.2) is 4.79 Å². The summed E-state index contributed by atoms with van der Waals surface area (Å²) >= 11 is 0. The van der Waals surface area contributed by atoms with Crippen molar-refractivity contribution < 1.29 is 9.90 Å². The Labute approximate surface area is 85.8 Å². The summed E-state index contributed by atoms with van der Waals surface area (Å²) in [5.74, 6) is 0. The highest BCUT2D eigenvalue weighted by molar-refractivity contribution is 5.76. The summed E-state index contributed by atoms with van der Waals surface area (Å²) in [6, 6.07) is 9.20. The van der Waals surface area contributed by atoms with Crippen LogP contribution in [0.1, 0.15) is 0 Å². The molecule has 5 nitrogen and oxygen atoms in total. The Hall–Kier alpha value is -2.30. The van der Waals surface area contributed by atoms with Crippen molar-refractivity contribution in [3.63, 3.8) is 0 Å². The van der Waals surface area contributed by atoms with Crippen LogP contribution in [0.2, 0.25) is 0 Å². The van der Waals surface area contributed by atoms with Gasteiger partial charge in [0.2, 0.25) is 0 Å². The molecule has 0 saturated carbocycles. The van der Waals surface area contributed by atoms with E-state index in [0.29, 0.717) is 11.4 Å².